The van der Waals surface area contributed by atoms with Gasteiger partial charge >= 0.3 is 6.09 Å². The molecule has 210 valence electrons. The lowest BCUT2D eigenvalue weighted by Crippen LogP contribution is -2.52. The van der Waals surface area contributed by atoms with Crippen LogP contribution in [0.2, 0.25) is 0 Å². The van der Waals surface area contributed by atoms with Crippen LogP contribution >= 0.6 is 0 Å². The molecule has 2 amide bonds. The number of pyridine rings is 1. The first-order valence-electron chi connectivity index (χ1n) is 14.4. The molecule has 10 nitrogen and oxygen atoms in total. The summed E-state index contributed by atoms with van der Waals surface area (Å²) in [6.07, 6.45) is 9.02. The van der Waals surface area contributed by atoms with Crippen LogP contribution in [0.25, 0.3) is 11.2 Å². The smallest absolute Gasteiger partial charge is 0.410 e. The number of ether oxygens (including phenoxy) is 1. The molecule has 2 N–H and O–H groups in total. The second kappa shape index (κ2) is 11.3. The minimum Gasteiger partial charge on any atom is -0.450 e. The molecule has 1 unspecified atom stereocenters. The van der Waals surface area contributed by atoms with E-state index in [1.165, 1.54) is 19.3 Å². The molecule has 0 bridgehead atoms. The van der Waals surface area contributed by atoms with Crippen LogP contribution in [0.5, 0.6) is 0 Å². The van der Waals surface area contributed by atoms with Crippen molar-refractivity contribution < 1.29 is 14.3 Å². The van der Waals surface area contributed by atoms with Gasteiger partial charge in [0.2, 0.25) is 5.95 Å². The van der Waals surface area contributed by atoms with Crippen LogP contribution in [0.4, 0.5) is 16.4 Å². The second-order valence-electron chi connectivity index (χ2n) is 11.1. The molecule has 0 aliphatic carbocycles. The molecule has 6 rings (SSSR count). The molecule has 3 aliphatic heterocycles. The van der Waals surface area contributed by atoms with Gasteiger partial charge in [-0.3, -0.25) is 4.79 Å². The third kappa shape index (κ3) is 5.40. The van der Waals surface area contributed by atoms with E-state index in [4.69, 9.17) is 9.72 Å². The minimum atomic E-state index is -0.279. The van der Waals surface area contributed by atoms with Crippen molar-refractivity contribution in [1.29, 1.82) is 0 Å². The predicted octanol–water partition coefficient (Wildman–Crippen LogP) is 4.32. The van der Waals surface area contributed by atoms with Gasteiger partial charge in [-0.1, -0.05) is 6.08 Å². The monoisotopic (exact) mass is 543 g/mol. The molecule has 0 radical (unpaired) electrons. The van der Waals surface area contributed by atoms with E-state index in [0.717, 1.165) is 61.5 Å². The topological polar surface area (TPSA) is 104 Å². The summed E-state index contributed by atoms with van der Waals surface area (Å²) in [5.74, 6) is 0.591. The largest absolute Gasteiger partial charge is 0.450 e. The van der Waals surface area contributed by atoms with Gasteiger partial charge in [-0.25, -0.2) is 9.31 Å². The first kappa shape index (κ1) is 26.3. The number of nitrogens with one attached hydrogen (secondary N) is 2. The third-order valence-electron chi connectivity index (χ3n) is 8.34. The third-order valence-corrected chi connectivity index (χ3v) is 8.34. The molecule has 5 heterocycles. The number of nitrogens with zero attached hydrogens (tertiary/aromatic N) is 5. The van der Waals surface area contributed by atoms with Crippen LogP contribution in [0.1, 0.15) is 54.9 Å². The van der Waals surface area contributed by atoms with Gasteiger partial charge in [0.25, 0.3) is 5.91 Å². The quantitative estimate of drug-likeness (QED) is 0.494. The highest BCUT2D eigenvalue weighted by Crippen LogP contribution is 2.36. The zero-order chi connectivity index (χ0) is 27.5. The van der Waals surface area contributed by atoms with Gasteiger partial charge in [-0.15, -0.1) is 5.10 Å². The molecule has 2 aromatic heterocycles. The second-order valence-corrected chi connectivity index (χ2v) is 11.1. The molecule has 1 atom stereocenters. The summed E-state index contributed by atoms with van der Waals surface area (Å²) in [6, 6.07) is 11.6. The van der Waals surface area contributed by atoms with Crippen molar-refractivity contribution in [1.82, 2.24) is 29.7 Å². The van der Waals surface area contributed by atoms with E-state index in [-0.39, 0.29) is 17.4 Å². The number of carbonyl (C=O) groups excluding carboxylic acids is 2. The summed E-state index contributed by atoms with van der Waals surface area (Å²) < 4.78 is 6.89. The summed E-state index contributed by atoms with van der Waals surface area (Å²) in [5, 5.41) is 11.4. The van der Waals surface area contributed by atoms with Gasteiger partial charge in [0.05, 0.1) is 6.61 Å². The average Bonchev–Trinajstić information content (AvgIpc) is 3.40. The van der Waals surface area contributed by atoms with Gasteiger partial charge in [0.1, 0.15) is 0 Å². The lowest BCUT2D eigenvalue weighted by molar-refractivity contribution is 0.0434. The number of anilines is 2. The molecule has 2 fully saturated rings. The van der Waals surface area contributed by atoms with E-state index < -0.39 is 0 Å². The summed E-state index contributed by atoms with van der Waals surface area (Å²) >= 11 is 0. The van der Waals surface area contributed by atoms with E-state index >= 15 is 0 Å². The Labute approximate surface area is 234 Å². The number of aromatic nitrogens is 3. The SMILES string of the molecule is CCOC(=O)N1CC=C(c2cccn3nc(Nc4ccc(C(=O)N5CCCC6(CCCNC6)C5)cc4)nc23)CC1. The number of benzene rings is 1. The fraction of sp³-hybridized carbons (Fsp3) is 0.467. The summed E-state index contributed by atoms with van der Waals surface area (Å²) in [7, 11) is 0. The lowest BCUT2D eigenvalue weighted by atomic mass is 9.74. The van der Waals surface area contributed by atoms with Crippen molar-refractivity contribution in [3.05, 3.63) is 59.8 Å². The maximum Gasteiger partial charge on any atom is 0.410 e. The van der Waals surface area contributed by atoms with Crippen LogP contribution in [-0.4, -0.2) is 82.3 Å². The average molecular weight is 544 g/mol. The van der Waals surface area contributed by atoms with Crippen molar-refractivity contribution in [2.45, 2.75) is 39.0 Å². The van der Waals surface area contributed by atoms with Gasteiger partial charge in [0.15, 0.2) is 5.65 Å². The summed E-state index contributed by atoms with van der Waals surface area (Å²) in [5.41, 5.74) is 4.65. The van der Waals surface area contributed by atoms with E-state index in [0.29, 0.717) is 31.2 Å². The Morgan fingerprint density at radius 3 is 2.70 bits per heavy atom. The standard InChI is InChI=1S/C30H37N7O3/c1-2-40-29(39)35-18-11-22(12-19-35)25-6-3-17-37-26(25)33-28(34-37)32-24-9-7-23(8-10-24)27(38)36-16-5-14-30(21-36)13-4-15-31-20-30/h3,6-11,17,31H,2,4-5,12-16,18-21H2,1H3,(H,32,34). The Hall–Kier alpha value is -3.92. The molecule has 1 spiro atoms. The number of amides is 2. The number of rotatable bonds is 5. The van der Waals surface area contributed by atoms with Gasteiger partial charge in [-0.05, 0) is 87.5 Å². The fourth-order valence-electron chi connectivity index (χ4n) is 6.27. The number of piperidine rings is 2. The predicted molar refractivity (Wildman–Crippen MR) is 154 cm³/mol. The van der Waals surface area contributed by atoms with Crippen molar-refractivity contribution in [2.75, 3.05) is 51.2 Å². The summed E-state index contributed by atoms with van der Waals surface area (Å²) in [4.78, 5) is 33.9. The van der Waals surface area contributed by atoms with Crippen LogP contribution < -0.4 is 10.6 Å². The van der Waals surface area contributed by atoms with E-state index in [9.17, 15) is 9.59 Å². The van der Waals surface area contributed by atoms with Crippen molar-refractivity contribution in [3.63, 3.8) is 0 Å². The Balaban J connectivity index is 1.13. The summed E-state index contributed by atoms with van der Waals surface area (Å²) in [6.45, 7) is 7.05. The normalized spacial score (nSPS) is 21.4. The molecule has 3 aromatic rings. The molecule has 3 aliphatic rings. The van der Waals surface area contributed by atoms with Gasteiger partial charge in [-0.2, -0.15) is 4.98 Å². The zero-order valence-electron chi connectivity index (χ0n) is 23.1. The lowest BCUT2D eigenvalue weighted by Gasteiger charge is -2.45. The number of likely N-dealkylation sites (tertiary alicyclic amines) is 1. The maximum atomic E-state index is 13.3. The number of hydrogen-bond donors (Lipinski definition) is 2. The molecular formula is C30H37N7O3. The van der Waals surface area contributed by atoms with Crippen molar-refractivity contribution in [2.24, 2.45) is 5.41 Å². The Bertz CT molecular complexity index is 1400. The molecule has 40 heavy (non-hydrogen) atoms. The van der Waals surface area contributed by atoms with E-state index in [1.54, 1.807) is 9.42 Å². The van der Waals surface area contributed by atoms with Crippen molar-refractivity contribution in [3.8, 4) is 0 Å². The number of carbonyl (C=O) groups is 2. The van der Waals surface area contributed by atoms with Gasteiger partial charge < -0.3 is 25.2 Å². The minimum absolute atomic E-state index is 0.106. The Morgan fingerprint density at radius 2 is 1.95 bits per heavy atom. The molecule has 0 saturated carbocycles. The van der Waals surface area contributed by atoms with Crippen molar-refractivity contribution >= 4 is 34.9 Å². The first-order valence-corrected chi connectivity index (χ1v) is 14.4. The molecule has 2 saturated heterocycles. The fourth-order valence-corrected chi connectivity index (χ4v) is 6.27. The van der Waals surface area contributed by atoms with E-state index in [2.05, 4.69) is 21.8 Å². The highest BCUT2D eigenvalue weighted by molar-refractivity contribution is 5.94. The maximum absolute atomic E-state index is 13.3. The number of hydrogen-bond acceptors (Lipinski definition) is 7. The zero-order valence-corrected chi connectivity index (χ0v) is 23.1. The van der Waals surface area contributed by atoms with Gasteiger partial charge in [0, 0.05) is 61.1 Å². The Morgan fingerprint density at radius 1 is 1.10 bits per heavy atom. The Kier molecular flexibility index (Phi) is 7.42. The first-order chi connectivity index (χ1) is 19.5. The molecular weight excluding hydrogens is 506 g/mol. The van der Waals surface area contributed by atoms with Crippen LogP contribution in [0.3, 0.4) is 0 Å². The van der Waals surface area contributed by atoms with E-state index in [1.807, 2.05) is 54.4 Å². The van der Waals surface area contributed by atoms with Crippen LogP contribution in [0, 0.1) is 5.41 Å². The van der Waals surface area contributed by atoms with Crippen LogP contribution in [-0.2, 0) is 4.74 Å². The number of fused-ring (bicyclic) bond motifs is 1. The highest BCUT2D eigenvalue weighted by atomic mass is 16.6. The molecule has 1 aromatic carbocycles. The molecule has 10 heteroatoms. The van der Waals surface area contributed by atoms with Crippen LogP contribution in [0.15, 0.2) is 48.7 Å². The highest BCUT2D eigenvalue weighted by Gasteiger charge is 2.38.